The number of para-hydroxylation sites is 1. The SMILES string of the molecule is C=CCn1c(COc2ccccc2C)nnc1SCC(=O)Nc1ccc2ccccc2c1. The predicted molar refractivity (Wildman–Crippen MR) is 129 cm³/mol. The maximum atomic E-state index is 12.5. The number of benzene rings is 3. The first-order valence-electron chi connectivity index (χ1n) is 10.3. The summed E-state index contributed by atoms with van der Waals surface area (Å²) in [6, 6.07) is 21.8. The molecule has 0 unspecified atom stereocenters. The Morgan fingerprint density at radius 2 is 1.88 bits per heavy atom. The number of allylic oxidation sites excluding steroid dienone is 1. The van der Waals surface area contributed by atoms with Gasteiger partial charge in [-0.2, -0.15) is 0 Å². The van der Waals surface area contributed by atoms with Gasteiger partial charge in [0.2, 0.25) is 5.91 Å². The number of aryl methyl sites for hydroxylation is 1. The lowest BCUT2D eigenvalue weighted by Crippen LogP contribution is -2.15. The van der Waals surface area contributed by atoms with Crippen LogP contribution in [0.2, 0.25) is 0 Å². The normalized spacial score (nSPS) is 10.8. The molecule has 0 aliphatic carbocycles. The van der Waals surface area contributed by atoms with Gasteiger partial charge < -0.3 is 10.1 Å². The number of nitrogens with zero attached hydrogens (tertiary/aromatic N) is 3. The van der Waals surface area contributed by atoms with E-state index in [1.807, 2.05) is 78.2 Å². The predicted octanol–water partition coefficient (Wildman–Crippen LogP) is 5.24. The highest BCUT2D eigenvalue weighted by Gasteiger charge is 2.14. The summed E-state index contributed by atoms with van der Waals surface area (Å²) >= 11 is 1.34. The molecule has 1 N–H and O–H groups in total. The molecule has 0 fully saturated rings. The number of nitrogens with one attached hydrogen (secondary N) is 1. The Hall–Kier alpha value is -3.58. The van der Waals surface area contributed by atoms with Gasteiger partial charge in [0.1, 0.15) is 12.4 Å². The molecule has 4 rings (SSSR count). The molecule has 1 amide bonds. The van der Waals surface area contributed by atoms with Crippen LogP contribution in [0.4, 0.5) is 5.69 Å². The van der Waals surface area contributed by atoms with Crippen LogP contribution in [0.5, 0.6) is 5.75 Å². The number of thioether (sulfide) groups is 1. The second-order valence-electron chi connectivity index (χ2n) is 7.25. The van der Waals surface area contributed by atoms with E-state index in [4.69, 9.17) is 4.74 Å². The van der Waals surface area contributed by atoms with Crippen LogP contribution in [0.3, 0.4) is 0 Å². The van der Waals surface area contributed by atoms with Crippen LogP contribution in [0.1, 0.15) is 11.4 Å². The van der Waals surface area contributed by atoms with Crippen molar-refractivity contribution in [2.75, 3.05) is 11.1 Å². The van der Waals surface area contributed by atoms with E-state index in [0.29, 0.717) is 17.5 Å². The molecular weight excluding hydrogens is 420 g/mol. The summed E-state index contributed by atoms with van der Waals surface area (Å²) in [5.74, 6) is 1.62. The maximum Gasteiger partial charge on any atom is 0.234 e. The van der Waals surface area contributed by atoms with Crippen molar-refractivity contribution in [3.8, 4) is 5.75 Å². The fourth-order valence-electron chi connectivity index (χ4n) is 3.30. The van der Waals surface area contributed by atoms with Crippen LogP contribution < -0.4 is 10.1 Å². The second kappa shape index (κ2) is 10.2. The summed E-state index contributed by atoms with van der Waals surface area (Å²) in [7, 11) is 0. The Morgan fingerprint density at radius 1 is 1.09 bits per heavy atom. The Bertz CT molecular complexity index is 1250. The van der Waals surface area contributed by atoms with Crippen LogP contribution >= 0.6 is 11.8 Å². The fraction of sp³-hybridized carbons (Fsp3) is 0.160. The Balaban J connectivity index is 1.39. The van der Waals surface area contributed by atoms with Crippen molar-refractivity contribution in [3.05, 3.63) is 90.8 Å². The largest absolute Gasteiger partial charge is 0.485 e. The topological polar surface area (TPSA) is 69.0 Å². The third-order valence-corrected chi connectivity index (χ3v) is 5.89. The summed E-state index contributed by atoms with van der Waals surface area (Å²) in [4.78, 5) is 12.5. The molecule has 32 heavy (non-hydrogen) atoms. The molecule has 0 aliphatic heterocycles. The summed E-state index contributed by atoms with van der Waals surface area (Å²) in [5.41, 5.74) is 1.83. The summed E-state index contributed by atoms with van der Waals surface area (Å²) in [6.45, 7) is 6.64. The van der Waals surface area contributed by atoms with Crippen molar-refractivity contribution >= 4 is 34.1 Å². The highest BCUT2D eigenvalue weighted by molar-refractivity contribution is 7.99. The van der Waals surface area contributed by atoms with E-state index in [9.17, 15) is 4.79 Å². The lowest BCUT2D eigenvalue weighted by molar-refractivity contribution is -0.113. The summed E-state index contributed by atoms with van der Waals surface area (Å²) in [5, 5.41) is 14.4. The fourth-order valence-corrected chi connectivity index (χ4v) is 4.07. The van der Waals surface area contributed by atoms with Gasteiger partial charge in [0.05, 0.1) is 5.75 Å². The van der Waals surface area contributed by atoms with Crippen LogP contribution in [0.25, 0.3) is 10.8 Å². The van der Waals surface area contributed by atoms with Gasteiger partial charge in [0.25, 0.3) is 0 Å². The first kappa shape index (κ1) is 21.6. The molecule has 0 saturated heterocycles. The zero-order valence-electron chi connectivity index (χ0n) is 17.8. The molecule has 4 aromatic rings. The van der Waals surface area contributed by atoms with Gasteiger partial charge in [-0.15, -0.1) is 16.8 Å². The molecule has 1 aromatic heterocycles. The van der Waals surface area contributed by atoms with Gasteiger partial charge in [0, 0.05) is 12.2 Å². The number of ether oxygens (including phenoxy) is 1. The molecule has 0 spiro atoms. The lowest BCUT2D eigenvalue weighted by Gasteiger charge is -2.10. The van der Waals surface area contributed by atoms with E-state index >= 15 is 0 Å². The third-order valence-electron chi connectivity index (χ3n) is 4.92. The van der Waals surface area contributed by atoms with Crippen molar-refractivity contribution in [3.63, 3.8) is 0 Å². The number of amides is 1. The minimum absolute atomic E-state index is 0.101. The van der Waals surface area contributed by atoms with Gasteiger partial charge in [-0.05, 0) is 41.5 Å². The molecule has 3 aromatic carbocycles. The van der Waals surface area contributed by atoms with Crippen molar-refractivity contribution in [1.82, 2.24) is 14.8 Å². The molecule has 0 radical (unpaired) electrons. The molecule has 0 bridgehead atoms. The molecule has 7 heteroatoms. The molecule has 162 valence electrons. The number of hydrogen-bond donors (Lipinski definition) is 1. The molecule has 6 nitrogen and oxygen atoms in total. The van der Waals surface area contributed by atoms with Gasteiger partial charge >= 0.3 is 0 Å². The molecule has 1 heterocycles. The quantitative estimate of drug-likeness (QED) is 0.283. The van der Waals surface area contributed by atoms with Crippen LogP contribution in [0.15, 0.2) is 84.5 Å². The third kappa shape index (κ3) is 5.18. The zero-order chi connectivity index (χ0) is 22.3. The lowest BCUT2D eigenvalue weighted by atomic mass is 10.1. The zero-order valence-corrected chi connectivity index (χ0v) is 18.6. The van der Waals surface area contributed by atoms with E-state index in [1.165, 1.54) is 11.8 Å². The number of anilines is 1. The van der Waals surface area contributed by atoms with Gasteiger partial charge in [-0.3, -0.25) is 9.36 Å². The van der Waals surface area contributed by atoms with Crippen molar-refractivity contribution in [2.45, 2.75) is 25.2 Å². The molecule has 0 saturated carbocycles. The average molecular weight is 445 g/mol. The Morgan fingerprint density at radius 3 is 2.69 bits per heavy atom. The molecular formula is C25H24N4O2S. The van der Waals surface area contributed by atoms with Crippen LogP contribution in [-0.2, 0) is 17.9 Å². The van der Waals surface area contributed by atoms with Crippen LogP contribution in [0, 0.1) is 6.92 Å². The number of aromatic nitrogens is 3. The van der Waals surface area contributed by atoms with E-state index in [0.717, 1.165) is 27.8 Å². The van der Waals surface area contributed by atoms with Crippen molar-refractivity contribution in [1.29, 1.82) is 0 Å². The van der Waals surface area contributed by atoms with Crippen molar-refractivity contribution in [2.24, 2.45) is 0 Å². The minimum atomic E-state index is -0.101. The van der Waals surface area contributed by atoms with Gasteiger partial charge in [-0.1, -0.05) is 66.4 Å². The Kier molecular flexibility index (Phi) is 6.87. The van der Waals surface area contributed by atoms with Crippen LogP contribution in [-0.4, -0.2) is 26.4 Å². The van der Waals surface area contributed by atoms with Gasteiger partial charge in [-0.25, -0.2) is 0 Å². The van der Waals surface area contributed by atoms with E-state index in [1.54, 1.807) is 6.08 Å². The maximum absolute atomic E-state index is 12.5. The first-order chi connectivity index (χ1) is 15.6. The highest BCUT2D eigenvalue weighted by Crippen LogP contribution is 2.22. The molecule has 0 atom stereocenters. The highest BCUT2D eigenvalue weighted by atomic mass is 32.2. The number of carbonyl (C=O) groups excluding carboxylic acids is 1. The van der Waals surface area contributed by atoms with E-state index in [-0.39, 0.29) is 18.3 Å². The number of hydrogen-bond acceptors (Lipinski definition) is 5. The number of fused-ring (bicyclic) bond motifs is 1. The van der Waals surface area contributed by atoms with Crippen molar-refractivity contribution < 1.29 is 9.53 Å². The summed E-state index contributed by atoms with van der Waals surface area (Å²) < 4.78 is 7.83. The summed E-state index contributed by atoms with van der Waals surface area (Å²) in [6.07, 6.45) is 1.78. The average Bonchev–Trinajstić information content (AvgIpc) is 3.19. The number of rotatable bonds is 9. The van der Waals surface area contributed by atoms with E-state index in [2.05, 4.69) is 22.1 Å². The Labute approximate surface area is 191 Å². The molecule has 0 aliphatic rings. The minimum Gasteiger partial charge on any atom is -0.485 e. The van der Waals surface area contributed by atoms with E-state index < -0.39 is 0 Å². The smallest absolute Gasteiger partial charge is 0.234 e. The first-order valence-corrected chi connectivity index (χ1v) is 11.3. The monoisotopic (exact) mass is 444 g/mol. The number of carbonyl (C=O) groups is 1. The van der Waals surface area contributed by atoms with Gasteiger partial charge in [0.15, 0.2) is 11.0 Å². The second-order valence-corrected chi connectivity index (χ2v) is 8.19. The standard InChI is InChI=1S/C25H24N4O2S/c1-3-14-29-23(16-31-22-11-7-4-8-18(22)2)27-28-25(29)32-17-24(30)26-21-13-12-19-9-5-6-10-20(19)15-21/h3-13,15H,1,14,16-17H2,2H3,(H,26,30).